The minimum atomic E-state index is -0.630. The number of ether oxygens (including phenoxy) is 1. The molecule has 4 atom stereocenters. The van der Waals surface area contributed by atoms with E-state index in [0.29, 0.717) is 47.7 Å². The van der Waals surface area contributed by atoms with Crippen molar-refractivity contribution in [3.63, 3.8) is 0 Å². The van der Waals surface area contributed by atoms with E-state index in [2.05, 4.69) is 27.7 Å². The summed E-state index contributed by atoms with van der Waals surface area (Å²) in [7, 11) is 2.19. The number of hydrogen-bond acceptors (Lipinski definition) is 7. The Morgan fingerprint density at radius 2 is 1.80 bits per heavy atom. The summed E-state index contributed by atoms with van der Waals surface area (Å²) in [5.74, 6) is 2.13. The van der Waals surface area contributed by atoms with Crippen LogP contribution >= 0.6 is 0 Å². The zero-order valence-electron chi connectivity index (χ0n) is 28.3. The van der Waals surface area contributed by atoms with Crippen LogP contribution in [-0.4, -0.2) is 82.2 Å². The second-order valence-corrected chi connectivity index (χ2v) is 15.3. The molecule has 0 radical (unpaired) electrons. The first-order valence-electron chi connectivity index (χ1n) is 18.1. The van der Waals surface area contributed by atoms with E-state index in [1.807, 2.05) is 0 Å². The van der Waals surface area contributed by atoms with Crippen LogP contribution in [-0.2, 0) is 4.79 Å². The third kappa shape index (κ3) is 4.99. The van der Waals surface area contributed by atoms with E-state index in [1.165, 1.54) is 24.3 Å². The Labute approximate surface area is 290 Å². The van der Waals surface area contributed by atoms with E-state index < -0.39 is 11.6 Å². The summed E-state index contributed by atoms with van der Waals surface area (Å²) in [5, 5.41) is 12.0. The minimum absolute atomic E-state index is 0.00121. The summed E-state index contributed by atoms with van der Waals surface area (Å²) >= 11 is 0. The number of carbonyl (C=O) groups is 1. The molecule has 2 unspecified atom stereocenters. The quantitative estimate of drug-likeness (QED) is 0.229. The van der Waals surface area contributed by atoms with Crippen molar-refractivity contribution < 1.29 is 23.4 Å². The Morgan fingerprint density at radius 1 is 1.02 bits per heavy atom. The van der Waals surface area contributed by atoms with Crippen LogP contribution in [0, 0.1) is 35.3 Å². The van der Waals surface area contributed by atoms with Crippen LogP contribution in [0.25, 0.3) is 32.8 Å². The van der Waals surface area contributed by atoms with Gasteiger partial charge in [-0.3, -0.25) is 4.79 Å². The molecule has 2 aliphatic carbocycles. The number of nitrogens with zero attached hydrogens (tertiary/aromatic N) is 5. The number of rotatable bonds is 6. The third-order valence-electron chi connectivity index (χ3n) is 12.3. The van der Waals surface area contributed by atoms with Gasteiger partial charge in [0.05, 0.1) is 12.2 Å². The normalized spacial score (nSPS) is 26.4. The van der Waals surface area contributed by atoms with E-state index in [-0.39, 0.29) is 63.3 Å². The van der Waals surface area contributed by atoms with Crippen molar-refractivity contribution >= 4 is 33.4 Å². The van der Waals surface area contributed by atoms with Gasteiger partial charge in [-0.2, -0.15) is 9.97 Å². The van der Waals surface area contributed by atoms with Crippen molar-refractivity contribution in [1.82, 2.24) is 19.8 Å². The number of carbonyl (C=O) groups excluding carboxylic acids is 1. The lowest BCUT2D eigenvalue weighted by Crippen LogP contribution is -2.56. The molecule has 1 aromatic heterocycles. The molecular weight excluding hydrogens is 636 g/mol. The van der Waals surface area contributed by atoms with E-state index in [9.17, 15) is 14.3 Å². The number of phenols is 1. The van der Waals surface area contributed by atoms with Gasteiger partial charge in [0.1, 0.15) is 22.9 Å². The van der Waals surface area contributed by atoms with Crippen LogP contribution in [0.1, 0.15) is 63.4 Å². The van der Waals surface area contributed by atoms with Gasteiger partial charge in [-0.05, 0) is 100 Å². The first kappa shape index (κ1) is 31.5. The number of piperazine rings is 1. The fraction of sp³-hybridized carbons (Fsp3) is 0.475. The maximum atomic E-state index is 17.1. The molecule has 4 heterocycles. The Kier molecular flexibility index (Phi) is 7.43. The van der Waals surface area contributed by atoms with Gasteiger partial charge in [0.25, 0.3) is 0 Å². The molecule has 10 heteroatoms. The van der Waals surface area contributed by atoms with E-state index in [1.54, 1.807) is 12.1 Å². The monoisotopic (exact) mass is 677 g/mol. The number of phenolic OH excluding ortho intramolecular Hbond substituents is 1. The standard InChI is InChI=1S/C40H41F2N5O3/c1-3-28-32(41)14-9-24-18-27(48)19-31(34(24)28)29-12-13-30-36(35(29)42)43-39(50-22-40-15-4-6-33(40)45(2)17-5-16-40)44-37(30)46-20-25-10-11-26(21-46)47(25)38(49)23-7-8-23/h1,9,12-14,18-19,23,25-26,33,48H,4-8,10-11,15-17,20-22H2,2H3/t25?,26?,33-,40-/m1/s1. The first-order chi connectivity index (χ1) is 24.2. The van der Waals surface area contributed by atoms with Crippen LogP contribution < -0.4 is 9.64 Å². The van der Waals surface area contributed by atoms with Crippen molar-refractivity contribution in [2.45, 2.75) is 75.9 Å². The topological polar surface area (TPSA) is 82.0 Å². The molecule has 50 heavy (non-hydrogen) atoms. The highest BCUT2D eigenvalue weighted by molar-refractivity contribution is 6.04. The van der Waals surface area contributed by atoms with E-state index in [4.69, 9.17) is 21.1 Å². The second-order valence-electron chi connectivity index (χ2n) is 15.3. The molecule has 3 aromatic carbocycles. The van der Waals surface area contributed by atoms with Crippen LogP contribution in [0.3, 0.4) is 0 Å². The number of anilines is 1. The van der Waals surface area contributed by atoms with Gasteiger partial charge in [0, 0.05) is 58.9 Å². The van der Waals surface area contributed by atoms with Crippen molar-refractivity contribution in [3.8, 4) is 35.2 Å². The molecule has 3 saturated heterocycles. The number of amides is 1. The Morgan fingerprint density at radius 3 is 2.56 bits per heavy atom. The first-order valence-corrected chi connectivity index (χ1v) is 18.1. The maximum Gasteiger partial charge on any atom is 0.319 e. The number of hydrogen-bond donors (Lipinski definition) is 1. The molecule has 1 amide bonds. The molecule has 0 spiro atoms. The fourth-order valence-electron chi connectivity index (χ4n) is 9.78. The van der Waals surface area contributed by atoms with Crippen LogP contribution in [0.4, 0.5) is 14.6 Å². The van der Waals surface area contributed by atoms with Gasteiger partial charge >= 0.3 is 6.01 Å². The molecule has 4 aromatic rings. The lowest BCUT2D eigenvalue weighted by molar-refractivity contribution is -0.135. The lowest BCUT2D eigenvalue weighted by Gasteiger charge is -2.44. The summed E-state index contributed by atoms with van der Waals surface area (Å²) in [6.07, 6.45) is 15.1. The van der Waals surface area contributed by atoms with E-state index >= 15 is 4.39 Å². The van der Waals surface area contributed by atoms with Crippen molar-refractivity contribution in [1.29, 1.82) is 0 Å². The van der Waals surface area contributed by atoms with Gasteiger partial charge in [-0.15, -0.1) is 6.42 Å². The molecule has 5 fully saturated rings. The third-order valence-corrected chi connectivity index (χ3v) is 12.3. The predicted molar refractivity (Wildman–Crippen MR) is 188 cm³/mol. The van der Waals surface area contributed by atoms with Gasteiger partial charge in [-0.25, -0.2) is 8.78 Å². The number of halogens is 2. The summed E-state index contributed by atoms with van der Waals surface area (Å²) in [5.41, 5.74) is 0.497. The number of fused-ring (bicyclic) bond motifs is 5. The van der Waals surface area contributed by atoms with Gasteiger partial charge in [-0.1, -0.05) is 24.5 Å². The lowest BCUT2D eigenvalue weighted by atomic mass is 9.76. The predicted octanol–water partition coefficient (Wildman–Crippen LogP) is 6.65. The zero-order chi connectivity index (χ0) is 34.3. The Balaban J connectivity index is 1.16. The number of aromatic nitrogens is 2. The van der Waals surface area contributed by atoms with Gasteiger partial charge < -0.3 is 24.5 Å². The Bertz CT molecular complexity index is 2080. The summed E-state index contributed by atoms with van der Waals surface area (Å²) in [6, 6.07) is 9.82. The molecule has 2 saturated carbocycles. The van der Waals surface area contributed by atoms with Gasteiger partial charge in [0.15, 0.2) is 5.82 Å². The smallest absolute Gasteiger partial charge is 0.319 e. The maximum absolute atomic E-state index is 17.1. The largest absolute Gasteiger partial charge is 0.508 e. The summed E-state index contributed by atoms with van der Waals surface area (Å²) in [4.78, 5) is 29.7. The highest BCUT2D eigenvalue weighted by Crippen LogP contribution is 2.48. The average Bonchev–Trinajstić information content (AvgIpc) is 3.82. The molecule has 8 nitrogen and oxygen atoms in total. The van der Waals surface area contributed by atoms with E-state index in [0.717, 1.165) is 64.3 Å². The molecular formula is C40H41F2N5O3. The Hall–Kier alpha value is -4.49. The number of piperidine rings is 1. The zero-order valence-corrected chi connectivity index (χ0v) is 28.3. The van der Waals surface area contributed by atoms with Gasteiger partial charge in [0.2, 0.25) is 5.91 Å². The SMILES string of the molecule is C#Cc1c(F)ccc2cc(O)cc(-c3ccc4c(N5CC6CCC(C5)N6C(=O)C5CC5)nc(OC[C@]56CCC[C@H]5N(C)CCC6)nc4c3F)c12. The van der Waals surface area contributed by atoms with Crippen LogP contribution in [0.5, 0.6) is 11.8 Å². The van der Waals surface area contributed by atoms with Crippen molar-refractivity contribution in [2.75, 3.05) is 38.2 Å². The number of likely N-dealkylation sites (tertiary alicyclic amines) is 1. The van der Waals surface area contributed by atoms with Crippen molar-refractivity contribution in [3.05, 3.63) is 53.6 Å². The minimum Gasteiger partial charge on any atom is -0.508 e. The second kappa shape index (κ2) is 11.8. The molecule has 3 aliphatic heterocycles. The average molecular weight is 678 g/mol. The molecule has 9 rings (SSSR count). The highest BCUT2D eigenvalue weighted by Gasteiger charge is 2.49. The number of terminal acetylenes is 1. The molecule has 1 N–H and O–H groups in total. The highest BCUT2D eigenvalue weighted by atomic mass is 19.1. The molecule has 2 bridgehead atoms. The molecule has 5 aliphatic rings. The molecule has 258 valence electrons. The number of benzene rings is 3. The summed E-state index contributed by atoms with van der Waals surface area (Å²) in [6.45, 7) is 2.72. The van der Waals surface area contributed by atoms with Crippen LogP contribution in [0.2, 0.25) is 0 Å². The van der Waals surface area contributed by atoms with Crippen LogP contribution in [0.15, 0.2) is 36.4 Å². The summed E-state index contributed by atoms with van der Waals surface area (Å²) < 4.78 is 38.6. The number of aromatic hydroxyl groups is 1. The fourth-order valence-corrected chi connectivity index (χ4v) is 9.78. The van der Waals surface area contributed by atoms with Crippen molar-refractivity contribution in [2.24, 2.45) is 11.3 Å².